The molecule has 0 spiro atoms. The fraction of sp³-hybridized carbons (Fsp3) is 1.00. The molecule has 2 nitrogen and oxygen atoms in total. The minimum absolute atomic E-state index is 0.632. The third-order valence-corrected chi connectivity index (χ3v) is 1.09. The van der Waals surface area contributed by atoms with Crippen molar-refractivity contribution < 1.29 is 8.22 Å². The second-order valence-electron chi connectivity index (χ2n) is 2.11. The van der Waals surface area contributed by atoms with Crippen molar-refractivity contribution in [2.75, 3.05) is 0 Å². The third kappa shape index (κ3) is 1.80. The van der Waals surface area contributed by atoms with E-state index in [1.165, 1.54) is 13.8 Å². The van der Waals surface area contributed by atoms with Crippen LogP contribution in [-0.4, -0.2) is 5.54 Å². The van der Waals surface area contributed by atoms with Crippen molar-refractivity contribution in [3.05, 3.63) is 0 Å². The first-order valence-corrected chi connectivity index (χ1v) is 2.48. The Kier molecular flexibility index (Phi) is 0.700. The van der Waals surface area contributed by atoms with Gasteiger partial charge < -0.3 is 0 Å². The fourth-order valence-corrected chi connectivity index (χ4v) is 0.167. The molecule has 0 aliphatic heterocycles. The van der Waals surface area contributed by atoms with E-state index < -0.39 is 25.2 Å². The van der Waals surface area contributed by atoms with Gasteiger partial charge in [-0.25, -0.2) is 0 Å². The van der Waals surface area contributed by atoms with Crippen LogP contribution >= 0.6 is 0 Å². The molecular weight excluding hydrogens is 100 g/mol. The lowest BCUT2D eigenvalue weighted by Crippen LogP contribution is -2.48. The second kappa shape index (κ2) is 2.46. The summed E-state index contributed by atoms with van der Waals surface area (Å²) >= 11 is 0. The van der Waals surface area contributed by atoms with Crippen LogP contribution in [0.2, 0.25) is 0 Å². The van der Waals surface area contributed by atoms with Gasteiger partial charge in [0.05, 0.1) is 0 Å². The van der Waals surface area contributed by atoms with E-state index in [0.717, 1.165) is 0 Å². The average molecular weight is 122 g/mol. The highest BCUT2D eigenvalue weighted by molar-refractivity contribution is 4.77. The Morgan fingerprint density at radius 1 is 1.62 bits per heavy atom. The number of nitrogens with two attached hydrogens (primary N) is 1. The molecule has 0 bridgehead atoms. The molecule has 0 unspecified atom stereocenters. The monoisotopic (exact) mass is 122 g/mol. The molecular formula is C6H16N2. The predicted molar refractivity (Wildman–Crippen MR) is 36.2 cm³/mol. The molecule has 0 aromatic heterocycles. The van der Waals surface area contributed by atoms with Crippen LogP contribution in [0.4, 0.5) is 0 Å². The molecule has 0 amide bonds. The van der Waals surface area contributed by atoms with Crippen LogP contribution in [0, 0.1) is 5.92 Å². The first-order valence-electron chi connectivity index (χ1n) is 5.48. The van der Waals surface area contributed by atoms with Crippen LogP contribution in [0.1, 0.15) is 35.8 Å². The van der Waals surface area contributed by atoms with Gasteiger partial charge in [0.2, 0.25) is 0 Å². The standard InChI is InChI=1S/C6H16N2/c1-5(2)6(3,4)8-7/h5,8H,7H2,1-4H3/i3D3,4D3. The molecule has 0 atom stereocenters. The van der Waals surface area contributed by atoms with Gasteiger partial charge in [-0.1, -0.05) is 13.8 Å². The number of hydrazine groups is 1. The normalized spacial score (nSPS) is 27.0. The van der Waals surface area contributed by atoms with Gasteiger partial charge in [0.1, 0.15) is 0 Å². The highest BCUT2D eigenvalue weighted by Crippen LogP contribution is 2.12. The highest BCUT2D eigenvalue weighted by Gasteiger charge is 2.18. The van der Waals surface area contributed by atoms with Gasteiger partial charge in [-0.15, -0.1) is 0 Å². The summed E-state index contributed by atoms with van der Waals surface area (Å²) in [5, 5.41) is 0. The maximum absolute atomic E-state index is 7.25. The van der Waals surface area contributed by atoms with Gasteiger partial charge in [-0.05, 0) is 19.6 Å². The Labute approximate surface area is 59.9 Å². The van der Waals surface area contributed by atoms with Gasteiger partial charge in [0, 0.05) is 13.8 Å². The van der Waals surface area contributed by atoms with Gasteiger partial charge in [0.25, 0.3) is 0 Å². The molecule has 0 radical (unpaired) electrons. The molecule has 0 rings (SSSR count). The van der Waals surface area contributed by atoms with Crippen LogP contribution < -0.4 is 11.3 Å². The van der Waals surface area contributed by atoms with Crippen LogP contribution in [0.15, 0.2) is 0 Å². The molecule has 0 aromatic carbocycles. The molecule has 0 aliphatic carbocycles. The summed E-state index contributed by atoms with van der Waals surface area (Å²) in [6.45, 7) is -2.33. The molecule has 0 fully saturated rings. The number of nitrogens with one attached hydrogen (secondary N) is 1. The van der Waals surface area contributed by atoms with Crippen molar-refractivity contribution in [2.24, 2.45) is 11.8 Å². The molecule has 0 aliphatic rings. The third-order valence-electron chi connectivity index (χ3n) is 1.09. The second-order valence-corrected chi connectivity index (χ2v) is 2.11. The predicted octanol–water partition coefficient (Wildman–Crippen LogP) is 0.884. The average Bonchev–Trinajstić information content (AvgIpc) is 1.80. The van der Waals surface area contributed by atoms with E-state index in [1.807, 2.05) is 5.43 Å². The van der Waals surface area contributed by atoms with Gasteiger partial charge >= 0.3 is 0 Å². The van der Waals surface area contributed by atoms with E-state index in [0.29, 0.717) is 0 Å². The van der Waals surface area contributed by atoms with Crippen LogP contribution in [0.25, 0.3) is 0 Å². The van der Waals surface area contributed by atoms with E-state index in [-0.39, 0.29) is 0 Å². The molecule has 50 valence electrons. The summed E-state index contributed by atoms with van der Waals surface area (Å²) in [6.07, 6.45) is 0. The van der Waals surface area contributed by atoms with Crippen LogP contribution in [0.5, 0.6) is 0 Å². The molecule has 0 aromatic rings. The van der Waals surface area contributed by atoms with Crippen LogP contribution in [0.3, 0.4) is 0 Å². The maximum Gasteiger partial charge on any atom is 0.0288 e. The first kappa shape index (κ1) is 2.27. The Balaban J connectivity index is 5.45. The largest absolute Gasteiger partial charge is 0.271 e. The van der Waals surface area contributed by atoms with E-state index in [1.54, 1.807) is 0 Å². The summed E-state index contributed by atoms with van der Waals surface area (Å²) in [7, 11) is 0. The quantitative estimate of drug-likeness (QED) is 0.421. The fourth-order valence-electron chi connectivity index (χ4n) is 0.167. The summed E-state index contributed by atoms with van der Waals surface area (Å²) < 4.78 is 43.5. The van der Waals surface area contributed by atoms with Crippen molar-refractivity contribution >= 4 is 0 Å². The molecule has 0 saturated carbocycles. The van der Waals surface area contributed by atoms with E-state index in [9.17, 15) is 0 Å². The van der Waals surface area contributed by atoms with Crippen molar-refractivity contribution in [3.8, 4) is 0 Å². The van der Waals surface area contributed by atoms with E-state index in [4.69, 9.17) is 14.1 Å². The SMILES string of the molecule is [2H]C([2H])([2H])C(NN)(C(C)C)C([2H])([2H])[2H]. The number of hydrogen-bond donors (Lipinski definition) is 2. The smallest absolute Gasteiger partial charge is 0.0288 e. The number of rotatable bonds is 2. The lowest BCUT2D eigenvalue weighted by molar-refractivity contribution is 0.292. The molecule has 3 N–H and O–H groups in total. The molecule has 0 saturated heterocycles. The summed E-state index contributed by atoms with van der Waals surface area (Å²) in [5.74, 6) is 4.48. The highest BCUT2D eigenvalue weighted by atomic mass is 15.3. The summed E-state index contributed by atoms with van der Waals surface area (Å²) in [6, 6.07) is 0. The molecule has 2 heteroatoms. The van der Waals surface area contributed by atoms with Crippen molar-refractivity contribution in [1.29, 1.82) is 0 Å². The summed E-state index contributed by atoms with van der Waals surface area (Å²) in [4.78, 5) is 0. The topological polar surface area (TPSA) is 38.0 Å². The maximum atomic E-state index is 7.25. The lowest BCUT2D eigenvalue weighted by Gasteiger charge is -2.27. The first-order chi connectivity index (χ1) is 6.00. The Hall–Kier alpha value is -0.0800. The van der Waals surface area contributed by atoms with Crippen molar-refractivity contribution in [3.63, 3.8) is 0 Å². The van der Waals surface area contributed by atoms with Gasteiger partial charge in [0.15, 0.2) is 0 Å². The molecule has 0 heterocycles. The van der Waals surface area contributed by atoms with Crippen molar-refractivity contribution in [1.82, 2.24) is 5.43 Å². The minimum atomic E-state index is -2.68. The summed E-state index contributed by atoms with van der Waals surface area (Å²) in [5.41, 5.74) is -0.0856. The molecule has 8 heavy (non-hydrogen) atoms. The number of hydrogen-bond acceptors (Lipinski definition) is 2. The van der Waals surface area contributed by atoms with Gasteiger partial charge in [-0.2, -0.15) is 0 Å². The lowest BCUT2D eigenvalue weighted by atomic mass is 9.92. The Bertz CT molecular complexity index is 179. The Morgan fingerprint density at radius 2 is 2.12 bits per heavy atom. The zero-order valence-corrected chi connectivity index (χ0v) is 5.15. The van der Waals surface area contributed by atoms with Gasteiger partial charge in [-0.3, -0.25) is 11.3 Å². The zero-order valence-electron chi connectivity index (χ0n) is 11.2. The van der Waals surface area contributed by atoms with Crippen LogP contribution in [-0.2, 0) is 0 Å². The Morgan fingerprint density at radius 3 is 2.12 bits per heavy atom. The zero-order chi connectivity index (χ0) is 11.8. The van der Waals surface area contributed by atoms with E-state index in [2.05, 4.69) is 0 Å². The van der Waals surface area contributed by atoms with E-state index >= 15 is 0 Å². The minimum Gasteiger partial charge on any atom is -0.271 e. The van der Waals surface area contributed by atoms with Crippen molar-refractivity contribution in [2.45, 2.75) is 33.1 Å².